The number of nitrogens with zero attached hydrogens (tertiary/aromatic N) is 1. The molecule has 2 aromatic rings. The minimum absolute atomic E-state index is 0.117. The average molecular weight is 363 g/mol. The molecule has 0 amide bonds. The molecule has 0 radical (unpaired) electrons. The van der Waals surface area contributed by atoms with Gasteiger partial charge >= 0.3 is 11.7 Å². The summed E-state index contributed by atoms with van der Waals surface area (Å²) in [5, 5.41) is 0. The second kappa shape index (κ2) is 8.34. The lowest BCUT2D eigenvalue weighted by Gasteiger charge is -2.08. The molecule has 3 N–H and O–H groups in total. The smallest absolute Gasteiger partial charge is 0.329 e. The summed E-state index contributed by atoms with van der Waals surface area (Å²) in [6.07, 6.45) is 0.117. The quantitative estimate of drug-likeness (QED) is 0.418. The van der Waals surface area contributed by atoms with E-state index in [1.165, 1.54) is 18.8 Å². The number of hydrogen-bond acceptors (Lipinski definition) is 7. The van der Waals surface area contributed by atoms with E-state index in [2.05, 4.69) is 0 Å². The topological polar surface area (TPSA) is 124 Å². The first kappa shape index (κ1) is 18.5. The Balaban J connectivity index is 1.88. The van der Waals surface area contributed by atoms with Crippen molar-refractivity contribution in [1.29, 1.82) is 0 Å². The molecule has 0 atom stereocenters. The number of carbonyl (C=O) groups is 2. The van der Waals surface area contributed by atoms with Crippen LogP contribution in [0.2, 0.25) is 0 Å². The highest BCUT2D eigenvalue weighted by atomic mass is 32.2. The van der Waals surface area contributed by atoms with Crippen molar-refractivity contribution >= 4 is 29.3 Å². The normalized spacial score (nSPS) is 10.4. The first-order valence-corrected chi connectivity index (χ1v) is 8.34. The van der Waals surface area contributed by atoms with Crippen molar-refractivity contribution in [1.82, 2.24) is 9.55 Å². The van der Waals surface area contributed by atoms with Crippen LogP contribution in [-0.2, 0) is 16.6 Å². The third-order valence-corrected chi connectivity index (χ3v) is 4.34. The number of anilines is 1. The number of nitrogen functional groups attached to an aromatic ring is 1. The molecule has 2 rings (SSSR count). The molecule has 0 bridgehead atoms. The molecule has 0 spiro atoms. The maximum Gasteiger partial charge on any atom is 0.329 e. The Bertz CT molecular complexity index is 889. The zero-order valence-corrected chi connectivity index (χ0v) is 14.3. The van der Waals surface area contributed by atoms with Gasteiger partial charge in [0.05, 0.1) is 6.42 Å². The summed E-state index contributed by atoms with van der Waals surface area (Å²) in [4.78, 5) is 49.8. The average Bonchev–Trinajstić information content (AvgIpc) is 2.59. The molecule has 1 aromatic heterocycles. The Morgan fingerprint density at radius 2 is 1.92 bits per heavy atom. The van der Waals surface area contributed by atoms with Crippen LogP contribution in [0.4, 0.5) is 5.82 Å². The van der Waals surface area contributed by atoms with E-state index in [1.807, 2.05) is 35.3 Å². The predicted molar refractivity (Wildman–Crippen MR) is 93.8 cm³/mol. The van der Waals surface area contributed by atoms with Crippen molar-refractivity contribution in [2.24, 2.45) is 7.05 Å². The number of aromatic nitrogens is 2. The maximum absolute atomic E-state index is 12.1. The van der Waals surface area contributed by atoms with Gasteiger partial charge in [-0.15, -0.1) is 11.8 Å². The van der Waals surface area contributed by atoms with Crippen molar-refractivity contribution < 1.29 is 14.3 Å². The van der Waals surface area contributed by atoms with Gasteiger partial charge in [-0.2, -0.15) is 0 Å². The fourth-order valence-electron chi connectivity index (χ4n) is 1.97. The van der Waals surface area contributed by atoms with Crippen LogP contribution >= 0.6 is 11.8 Å². The summed E-state index contributed by atoms with van der Waals surface area (Å²) in [5.74, 6) is -1.09. The Morgan fingerprint density at radius 1 is 1.24 bits per heavy atom. The Kier molecular flexibility index (Phi) is 6.18. The van der Waals surface area contributed by atoms with E-state index in [0.717, 1.165) is 9.46 Å². The minimum Gasteiger partial charge on any atom is -0.457 e. The lowest BCUT2D eigenvalue weighted by atomic mass is 10.2. The molecule has 0 fully saturated rings. The van der Waals surface area contributed by atoms with Crippen molar-refractivity contribution in [2.45, 2.75) is 11.3 Å². The number of esters is 1. The second-order valence-electron chi connectivity index (χ2n) is 5.07. The molecule has 0 aliphatic heterocycles. The third kappa shape index (κ3) is 4.83. The summed E-state index contributed by atoms with van der Waals surface area (Å²) in [6, 6.07) is 9.54. The number of rotatable bonds is 7. The van der Waals surface area contributed by atoms with Crippen LogP contribution in [-0.4, -0.2) is 33.7 Å². The second-order valence-corrected chi connectivity index (χ2v) is 6.24. The highest BCUT2D eigenvalue weighted by Crippen LogP contribution is 2.17. The number of aromatic amines is 1. The molecule has 0 saturated carbocycles. The van der Waals surface area contributed by atoms with E-state index in [4.69, 9.17) is 10.5 Å². The van der Waals surface area contributed by atoms with Gasteiger partial charge in [0.1, 0.15) is 11.4 Å². The predicted octanol–water partition coefficient (Wildman–Crippen LogP) is 0.564. The number of H-pyrrole nitrogens is 1. The lowest BCUT2D eigenvalue weighted by Crippen LogP contribution is -2.35. The molecule has 9 heteroatoms. The molecule has 1 aromatic carbocycles. The van der Waals surface area contributed by atoms with Gasteiger partial charge in [0.2, 0.25) is 5.78 Å². The first-order chi connectivity index (χ1) is 11.9. The third-order valence-electron chi connectivity index (χ3n) is 3.33. The van der Waals surface area contributed by atoms with Gasteiger partial charge in [0, 0.05) is 17.7 Å². The van der Waals surface area contributed by atoms with Gasteiger partial charge in [0.15, 0.2) is 6.61 Å². The SMILES string of the molecule is Cn1c(N)c(C(=O)COC(=O)CCSc2ccccc2)c(=O)[nH]c1=O. The van der Waals surface area contributed by atoms with Crippen molar-refractivity contribution in [2.75, 3.05) is 18.1 Å². The summed E-state index contributed by atoms with van der Waals surface area (Å²) >= 11 is 1.49. The fraction of sp³-hybridized carbons (Fsp3) is 0.250. The standard InChI is InChI=1S/C16H17N3O5S/c1-19-14(17)13(15(22)18-16(19)23)11(20)9-24-12(21)7-8-25-10-5-3-2-4-6-10/h2-6H,7-9,17H2,1H3,(H,18,22,23). The van der Waals surface area contributed by atoms with Gasteiger partial charge in [-0.3, -0.25) is 23.9 Å². The van der Waals surface area contributed by atoms with Crippen LogP contribution in [0.15, 0.2) is 44.8 Å². The molecule has 0 saturated heterocycles. The Morgan fingerprint density at radius 3 is 2.60 bits per heavy atom. The Hall–Kier alpha value is -2.81. The molecule has 132 valence electrons. The van der Waals surface area contributed by atoms with Gasteiger partial charge in [0.25, 0.3) is 5.56 Å². The first-order valence-electron chi connectivity index (χ1n) is 7.35. The van der Waals surface area contributed by atoms with Crippen molar-refractivity contribution in [3.05, 3.63) is 56.7 Å². The summed E-state index contributed by atoms with van der Waals surface area (Å²) < 4.78 is 5.82. The maximum atomic E-state index is 12.1. The molecular formula is C16H17N3O5S. The van der Waals surface area contributed by atoms with E-state index in [1.54, 1.807) is 0 Å². The van der Waals surface area contributed by atoms with Crippen LogP contribution in [0.5, 0.6) is 0 Å². The zero-order chi connectivity index (χ0) is 18.4. The molecule has 0 aliphatic rings. The van der Waals surface area contributed by atoms with E-state index >= 15 is 0 Å². The molecular weight excluding hydrogens is 346 g/mol. The van der Waals surface area contributed by atoms with Gasteiger partial charge < -0.3 is 10.5 Å². The van der Waals surface area contributed by atoms with Crippen LogP contribution in [0.3, 0.4) is 0 Å². The monoisotopic (exact) mass is 363 g/mol. The van der Waals surface area contributed by atoms with Crippen LogP contribution in [0.25, 0.3) is 0 Å². The lowest BCUT2D eigenvalue weighted by molar-refractivity contribution is -0.141. The number of ether oxygens (including phenoxy) is 1. The van der Waals surface area contributed by atoms with Crippen molar-refractivity contribution in [3.63, 3.8) is 0 Å². The number of carbonyl (C=O) groups excluding carboxylic acids is 2. The number of ketones is 1. The molecule has 0 unspecified atom stereocenters. The van der Waals surface area contributed by atoms with E-state index in [9.17, 15) is 19.2 Å². The summed E-state index contributed by atoms with van der Waals surface area (Å²) in [7, 11) is 1.32. The van der Waals surface area contributed by atoms with Gasteiger partial charge in [-0.05, 0) is 12.1 Å². The molecule has 1 heterocycles. The zero-order valence-electron chi connectivity index (χ0n) is 13.5. The number of hydrogen-bond donors (Lipinski definition) is 2. The van der Waals surface area contributed by atoms with E-state index < -0.39 is 35.2 Å². The van der Waals surface area contributed by atoms with E-state index in [-0.39, 0.29) is 12.2 Å². The van der Waals surface area contributed by atoms with Gasteiger partial charge in [-0.1, -0.05) is 18.2 Å². The largest absolute Gasteiger partial charge is 0.457 e. The fourth-order valence-corrected chi connectivity index (χ4v) is 2.82. The number of nitrogens with one attached hydrogen (secondary N) is 1. The van der Waals surface area contributed by atoms with Gasteiger partial charge in [-0.25, -0.2) is 4.79 Å². The number of benzene rings is 1. The highest BCUT2D eigenvalue weighted by Gasteiger charge is 2.19. The molecule has 8 nitrogen and oxygen atoms in total. The van der Waals surface area contributed by atoms with E-state index in [0.29, 0.717) is 5.75 Å². The number of nitrogens with two attached hydrogens (primary N) is 1. The molecule has 0 aliphatic carbocycles. The minimum atomic E-state index is -0.902. The van der Waals surface area contributed by atoms with Crippen LogP contribution in [0.1, 0.15) is 16.8 Å². The van der Waals surface area contributed by atoms with Crippen LogP contribution in [0, 0.1) is 0 Å². The van der Waals surface area contributed by atoms with Crippen LogP contribution < -0.4 is 17.0 Å². The molecule has 25 heavy (non-hydrogen) atoms. The number of Topliss-reactive ketones (excluding diaryl/α,β-unsaturated/α-hetero) is 1. The summed E-state index contributed by atoms with van der Waals surface area (Å²) in [5.41, 5.74) is 3.59. The highest BCUT2D eigenvalue weighted by molar-refractivity contribution is 7.99. The number of thioether (sulfide) groups is 1. The Labute approximate surface area is 147 Å². The summed E-state index contributed by atoms with van der Waals surface area (Å²) in [6.45, 7) is -0.611. The van der Waals surface area contributed by atoms with Crippen molar-refractivity contribution in [3.8, 4) is 0 Å².